The van der Waals surface area contributed by atoms with E-state index in [1.54, 1.807) is 18.3 Å². The van der Waals surface area contributed by atoms with E-state index in [1.165, 1.54) is 23.0 Å². The van der Waals surface area contributed by atoms with Crippen LogP contribution in [0.15, 0.2) is 41.6 Å². The summed E-state index contributed by atoms with van der Waals surface area (Å²) in [6.45, 7) is 0.328. The monoisotopic (exact) mass is 306 g/mol. The second kappa shape index (κ2) is 6.99. The summed E-state index contributed by atoms with van der Waals surface area (Å²) in [4.78, 5) is 0.130. The first-order chi connectivity index (χ1) is 10.1. The van der Waals surface area contributed by atoms with Crippen LogP contribution in [0.25, 0.3) is 0 Å². The third-order valence-corrected chi connectivity index (χ3v) is 4.02. The molecule has 2 rings (SSSR count). The minimum absolute atomic E-state index is 0.130. The van der Waals surface area contributed by atoms with E-state index >= 15 is 0 Å². The Labute approximate surface area is 122 Å². The predicted octanol–water partition coefficient (Wildman–Crippen LogP) is -0.400. The van der Waals surface area contributed by atoms with E-state index in [0.717, 1.165) is 0 Å². The van der Waals surface area contributed by atoms with Crippen LogP contribution < -0.4 is 4.72 Å². The van der Waals surface area contributed by atoms with Crippen molar-refractivity contribution in [2.24, 2.45) is 0 Å². The van der Waals surface area contributed by atoms with E-state index in [4.69, 9.17) is 5.11 Å². The zero-order valence-electron chi connectivity index (χ0n) is 11.1. The molecule has 21 heavy (non-hydrogen) atoms. The summed E-state index contributed by atoms with van der Waals surface area (Å²) >= 11 is 0. The second-order valence-corrected chi connectivity index (χ2v) is 5.82. The molecule has 0 saturated heterocycles. The zero-order chi connectivity index (χ0) is 15.1. The first kappa shape index (κ1) is 15.2. The van der Waals surface area contributed by atoms with Gasteiger partial charge in [0.2, 0.25) is 10.0 Å². The average molecular weight is 306 g/mol. The van der Waals surface area contributed by atoms with Gasteiger partial charge in [-0.1, -0.05) is 23.1 Å². The summed E-state index contributed by atoms with van der Waals surface area (Å²) in [7, 11) is -3.60. The molecule has 0 radical (unpaired) electrons. The second-order valence-electron chi connectivity index (χ2n) is 4.05. The largest absolute Gasteiger partial charge is 0.384 e. The number of aromatic nitrogens is 3. The standard InChI is InChI=1S/C13H14N4O3S/c18-10-2-4-12-3-1-5-13(11-12)21(19,20)15-7-9-17-8-6-14-16-17/h1,3,5-6,8,11,15,18H,7,9-10H2. The lowest BCUT2D eigenvalue weighted by Gasteiger charge is -2.07. The van der Waals surface area contributed by atoms with Crippen LogP contribution in [0.5, 0.6) is 0 Å². The van der Waals surface area contributed by atoms with Crippen molar-refractivity contribution in [1.29, 1.82) is 0 Å². The van der Waals surface area contributed by atoms with E-state index in [9.17, 15) is 8.42 Å². The van der Waals surface area contributed by atoms with E-state index in [2.05, 4.69) is 26.9 Å². The molecule has 0 amide bonds. The van der Waals surface area contributed by atoms with Gasteiger partial charge in [0.05, 0.1) is 17.6 Å². The van der Waals surface area contributed by atoms with Gasteiger partial charge >= 0.3 is 0 Å². The molecule has 0 saturated carbocycles. The normalized spacial score (nSPS) is 10.9. The van der Waals surface area contributed by atoms with Gasteiger partial charge in [-0.25, -0.2) is 13.1 Å². The first-order valence-corrected chi connectivity index (χ1v) is 7.64. The van der Waals surface area contributed by atoms with Gasteiger partial charge in [-0.15, -0.1) is 5.10 Å². The van der Waals surface area contributed by atoms with Crippen molar-refractivity contribution in [2.45, 2.75) is 11.4 Å². The summed E-state index contributed by atoms with van der Waals surface area (Å²) in [6, 6.07) is 6.23. The molecule has 2 aromatic rings. The lowest BCUT2D eigenvalue weighted by Crippen LogP contribution is -2.27. The molecular formula is C13H14N4O3S. The minimum atomic E-state index is -3.60. The third kappa shape index (κ3) is 4.39. The highest BCUT2D eigenvalue weighted by Gasteiger charge is 2.13. The number of hydrogen-bond donors (Lipinski definition) is 2. The molecule has 0 bridgehead atoms. The highest BCUT2D eigenvalue weighted by Crippen LogP contribution is 2.10. The summed E-state index contributed by atoms with van der Waals surface area (Å²) in [5.41, 5.74) is 0.531. The Kier molecular flexibility index (Phi) is 5.05. The van der Waals surface area contributed by atoms with Crippen LogP contribution in [0, 0.1) is 11.8 Å². The van der Waals surface area contributed by atoms with Crippen LogP contribution in [0.3, 0.4) is 0 Å². The number of aliphatic hydroxyl groups excluding tert-OH is 1. The SMILES string of the molecule is O=S(=O)(NCCn1ccnn1)c1cccc(C#CCO)c1. The number of aliphatic hydroxyl groups is 1. The number of nitrogens with one attached hydrogen (secondary N) is 1. The van der Waals surface area contributed by atoms with Gasteiger partial charge in [-0.05, 0) is 18.2 Å². The van der Waals surface area contributed by atoms with E-state index in [1.807, 2.05) is 0 Å². The van der Waals surface area contributed by atoms with Gasteiger partial charge < -0.3 is 5.11 Å². The van der Waals surface area contributed by atoms with Crippen molar-refractivity contribution in [2.75, 3.05) is 13.2 Å². The number of benzene rings is 1. The molecule has 0 fully saturated rings. The van der Waals surface area contributed by atoms with E-state index in [0.29, 0.717) is 12.1 Å². The third-order valence-electron chi connectivity index (χ3n) is 2.56. The molecule has 0 aliphatic rings. The maximum atomic E-state index is 12.1. The van der Waals surface area contributed by atoms with Crippen molar-refractivity contribution in [3.63, 3.8) is 0 Å². The zero-order valence-corrected chi connectivity index (χ0v) is 11.9. The van der Waals surface area contributed by atoms with Crippen LogP contribution in [0.2, 0.25) is 0 Å². The molecule has 2 N–H and O–H groups in total. The smallest absolute Gasteiger partial charge is 0.240 e. The van der Waals surface area contributed by atoms with Crippen LogP contribution in [-0.4, -0.2) is 41.7 Å². The van der Waals surface area contributed by atoms with Crippen LogP contribution >= 0.6 is 0 Å². The maximum absolute atomic E-state index is 12.1. The van der Waals surface area contributed by atoms with Crippen molar-refractivity contribution in [3.8, 4) is 11.8 Å². The number of rotatable bonds is 5. The van der Waals surface area contributed by atoms with Crippen LogP contribution in [0.4, 0.5) is 0 Å². The topological polar surface area (TPSA) is 97.1 Å². The quantitative estimate of drug-likeness (QED) is 0.733. The van der Waals surface area contributed by atoms with Gasteiger partial charge in [0.15, 0.2) is 0 Å². The van der Waals surface area contributed by atoms with Gasteiger partial charge in [-0.2, -0.15) is 0 Å². The van der Waals surface area contributed by atoms with Gasteiger partial charge in [0.1, 0.15) is 6.61 Å². The molecule has 7 nitrogen and oxygen atoms in total. The van der Waals surface area contributed by atoms with Gasteiger partial charge in [-0.3, -0.25) is 4.68 Å². The molecular weight excluding hydrogens is 292 g/mol. The Morgan fingerprint density at radius 1 is 1.38 bits per heavy atom. The lowest BCUT2D eigenvalue weighted by atomic mass is 10.2. The molecule has 110 valence electrons. The van der Waals surface area contributed by atoms with Crippen LogP contribution in [-0.2, 0) is 16.6 Å². The Balaban J connectivity index is 2.04. The summed E-state index contributed by atoms with van der Waals surface area (Å²) in [5, 5.41) is 16.0. The first-order valence-electron chi connectivity index (χ1n) is 6.15. The van der Waals surface area contributed by atoms with Crippen molar-refractivity contribution < 1.29 is 13.5 Å². The van der Waals surface area contributed by atoms with Gasteiger partial charge in [0.25, 0.3) is 0 Å². The van der Waals surface area contributed by atoms with Crippen molar-refractivity contribution in [3.05, 3.63) is 42.2 Å². The molecule has 1 aromatic heterocycles. The molecule has 0 aliphatic carbocycles. The Morgan fingerprint density at radius 3 is 2.95 bits per heavy atom. The minimum Gasteiger partial charge on any atom is -0.384 e. The average Bonchev–Trinajstić information content (AvgIpc) is 2.98. The summed E-state index contributed by atoms with van der Waals surface area (Å²) in [5.74, 6) is 5.15. The fourth-order valence-electron chi connectivity index (χ4n) is 1.61. The maximum Gasteiger partial charge on any atom is 0.240 e. The lowest BCUT2D eigenvalue weighted by molar-refractivity contribution is 0.350. The number of nitrogens with zero attached hydrogens (tertiary/aromatic N) is 3. The summed E-state index contributed by atoms with van der Waals surface area (Å²) < 4.78 is 28.3. The molecule has 1 aromatic carbocycles. The molecule has 1 heterocycles. The predicted molar refractivity (Wildman–Crippen MR) is 75.6 cm³/mol. The Morgan fingerprint density at radius 2 is 2.24 bits per heavy atom. The Hall–Kier alpha value is -2.21. The number of sulfonamides is 1. The molecule has 0 spiro atoms. The highest BCUT2D eigenvalue weighted by molar-refractivity contribution is 7.89. The van der Waals surface area contributed by atoms with Crippen molar-refractivity contribution in [1.82, 2.24) is 19.7 Å². The molecule has 8 heteroatoms. The molecule has 0 unspecified atom stereocenters. The molecule has 0 atom stereocenters. The highest BCUT2D eigenvalue weighted by atomic mass is 32.2. The van der Waals surface area contributed by atoms with Gasteiger partial charge in [0, 0.05) is 18.3 Å². The van der Waals surface area contributed by atoms with Crippen LogP contribution in [0.1, 0.15) is 5.56 Å². The van der Waals surface area contributed by atoms with E-state index < -0.39 is 10.0 Å². The number of hydrogen-bond acceptors (Lipinski definition) is 5. The van der Waals surface area contributed by atoms with E-state index in [-0.39, 0.29) is 18.0 Å². The van der Waals surface area contributed by atoms with Crippen molar-refractivity contribution >= 4 is 10.0 Å². The fraction of sp³-hybridized carbons (Fsp3) is 0.231. The summed E-state index contributed by atoms with van der Waals surface area (Å²) in [6.07, 6.45) is 3.18. The molecule has 0 aliphatic heterocycles. The Bertz CT molecular complexity index is 745. The fourth-order valence-corrected chi connectivity index (χ4v) is 2.68.